The first-order valence-corrected chi connectivity index (χ1v) is 13.0. The van der Waals surface area contributed by atoms with Crippen LogP contribution in [-0.4, -0.2) is 46.3 Å². The molecule has 3 amide bonds. The lowest BCUT2D eigenvalue weighted by molar-refractivity contribution is -0.142. The van der Waals surface area contributed by atoms with Crippen LogP contribution in [0.25, 0.3) is 0 Å². The summed E-state index contributed by atoms with van der Waals surface area (Å²) in [4.78, 5) is 49.0. The van der Waals surface area contributed by atoms with Gasteiger partial charge in [0.15, 0.2) is 0 Å². The summed E-state index contributed by atoms with van der Waals surface area (Å²) in [5.74, 6) is -2.67. The van der Waals surface area contributed by atoms with Gasteiger partial charge in [0.2, 0.25) is 17.7 Å². The van der Waals surface area contributed by atoms with Crippen LogP contribution >= 0.6 is 0 Å². The molecule has 2 atom stereocenters. The third-order valence-electron chi connectivity index (χ3n) is 6.37. The number of carbonyl (C=O) groups excluding carboxylic acids is 3. The molecule has 40 heavy (non-hydrogen) atoms. The largest absolute Gasteiger partial charge is 0.481 e. The summed E-state index contributed by atoms with van der Waals surface area (Å²) in [6, 6.07) is 25.0. The first-order valence-electron chi connectivity index (χ1n) is 13.0. The molecule has 0 heterocycles. The van der Waals surface area contributed by atoms with E-state index in [9.17, 15) is 14.4 Å². The molecule has 9 nitrogen and oxygen atoms in total. The molecular formula is C31H38N4O5. The smallest absolute Gasteiger partial charge is 0.300 e. The monoisotopic (exact) mass is 546 g/mol. The molecule has 7 N–H and O–H groups in total. The third kappa shape index (κ3) is 9.36. The van der Waals surface area contributed by atoms with Gasteiger partial charge in [0, 0.05) is 6.92 Å². The fourth-order valence-corrected chi connectivity index (χ4v) is 4.54. The lowest BCUT2D eigenvalue weighted by atomic mass is 9.88. The Morgan fingerprint density at radius 2 is 1.27 bits per heavy atom. The molecule has 212 valence electrons. The Morgan fingerprint density at radius 1 is 0.800 bits per heavy atom. The van der Waals surface area contributed by atoms with Crippen LogP contribution in [0.4, 0.5) is 0 Å². The van der Waals surface area contributed by atoms with E-state index in [-0.39, 0.29) is 12.3 Å². The number of rotatable bonds is 12. The molecule has 0 bridgehead atoms. The van der Waals surface area contributed by atoms with Crippen molar-refractivity contribution < 1.29 is 24.3 Å². The molecule has 0 aliphatic rings. The minimum Gasteiger partial charge on any atom is -0.481 e. The van der Waals surface area contributed by atoms with Crippen LogP contribution in [0.3, 0.4) is 0 Å². The van der Waals surface area contributed by atoms with Gasteiger partial charge in [-0.1, -0.05) is 84.9 Å². The van der Waals surface area contributed by atoms with E-state index in [4.69, 9.17) is 27.1 Å². The van der Waals surface area contributed by atoms with Crippen LogP contribution < -0.4 is 17.2 Å². The average molecular weight is 547 g/mol. The van der Waals surface area contributed by atoms with Gasteiger partial charge in [-0.2, -0.15) is 0 Å². The fourth-order valence-electron chi connectivity index (χ4n) is 4.54. The summed E-state index contributed by atoms with van der Waals surface area (Å²) in [5, 5.41) is 7.42. The maximum Gasteiger partial charge on any atom is 0.300 e. The predicted molar refractivity (Wildman–Crippen MR) is 154 cm³/mol. The molecule has 0 aromatic heterocycles. The maximum absolute atomic E-state index is 14.4. The zero-order valence-electron chi connectivity index (χ0n) is 22.9. The fraction of sp³-hybridized carbons (Fsp3) is 0.290. The number of hydrogen-bond acceptors (Lipinski definition) is 5. The number of benzene rings is 3. The zero-order chi connectivity index (χ0) is 29.7. The second kappa shape index (κ2) is 15.8. The second-order valence-corrected chi connectivity index (χ2v) is 9.43. The van der Waals surface area contributed by atoms with E-state index in [1.165, 1.54) is 0 Å². The molecule has 3 aromatic carbocycles. The van der Waals surface area contributed by atoms with Gasteiger partial charge >= 0.3 is 0 Å². The van der Waals surface area contributed by atoms with Gasteiger partial charge in [0.05, 0.1) is 18.4 Å². The molecule has 0 saturated carbocycles. The van der Waals surface area contributed by atoms with Gasteiger partial charge in [0.25, 0.3) is 5.97 Å². The highest BCUT2D eigenvalue weighted by Gasteiger charge is 2.37. The molecule has 9 heteroatoms. The quantitative estimate of drug-likeness (QED) is 0.272. The van der Waals surface area contributed by atoms with E-state index >= 15 is 0 Å². The van der Waals surface area contributed by atoms with Crippen molar-refractivity contribution in [2.24, 2.45) is 17.2 Å². The van der Waals surface area contributed by atoms with Crippen LogP contribution in [0.2, 0.25) is 0 Å². The van der Waals surface area contributed by atoms with Crippen LogP contribution in [0, 0.1) is 0 Å². The van der Waals surface area contributed by atoms with Crippen LogP contribution in [0.1, 0.15) is 60.9 Å². The first kappa shape index (κ1) is 31.7. The van der Waals surface area contributed by atoms with Gasteiger partial charge in [-0.05, 0) is 48.6 Å². The summed E-state index contributed by atoms with van der Waals surface area (Å²) >= 11 is 0. The number of nitrogens with two attached hydrogens (primary N) is 3. The van der Waals surface area contributed by atoms with Crippen LogP contribution in [0.15, 0.2) is 84.9 Å². The van der Waals surface area contributed by atoms with Crippen molar-refractivity contribution in [3.8, 4) is 0 Å². The van der Waals surface area contributed by atoms with Gasteiger partial charge in [-0.15, -0.1) is 0 Å². The Bertz CT molecular complexity index is 1210. The standard InChI is InChI=1S/C29H34N4O3.C2H4O2/c1-20(22-16-14-21(15-17-22)19-26(31)34)33(25(28(32)35)13-8-18-30)29(36)27(23-9-4-2-5-10-23)24-11-6-3-7-12-24;1-2(3)4/h2-7,9-12,14-17,20,25,27H,8,13,18-19,30H2,1H3,(H2,31,34)(H2,32,35);1H3,(H,3,4)/t20-,25-;/m1./s1. The van der Waals surface area contributed by atoms with E-state index < -0.39 is 35.8 Å². The van der Waals surface area contributed by atoms with Crippen molar-refractivity contribution in [1.29, 1.82) is 0 Å². The molecule has 0 spiro atoms. The van der Waals surface area contributed by atoms with Gasteiger partial charge < -0.3 is 27.2 Å². The van der Waals surface area contributed by atoms with Crippen LogP contribution in [-0.2, 0) is 25.6 Å². The van der Waals surface area contributed by atoms with Gasteiger partial charge in [-0.25, -0.2) is 0 Å². The Hall–Kier alpha value is -4.50. The van der Waals surface area contributed by atoms with Crippen molar-refractivity contribution in [2.45, 2.75) is 51.1 Å². The van der Waals surface area contributed by atoms with E-state index in [0.717, 1.165) is 29.2 Å². The predicted octanol–water partition coefficient (Wildman–Crippen LogP) is 3.12. The maximum atomic E-state index is 14.4. The van der Waals surface area contributed by atoms with Crippen molar-refractivity contribution in [3.63, 3.8) is 0 Å². The Morgan fingerprint density at radius 3 is 1.68 bits per heavy atom. The number of carboxylic acids is 1. The summed E-state index contributed by atoms with van der Waals surface area (Å²) < 4.78 is 0. The molecule has 0 unspecified atom stereocenters. The second-order valence-electron chi connectivity index (χ2n) is 9.43. The number of carboxylic acid groups (broad SMARTS) is 1. The van der Waals surface area contributed by atoms with Crippen molar-refractivity contribution in [3.05, 3.63) is 107 Å². The zero-order valence-corrected chi connectivity index (χ0v) is 22.9. The number of amides is 3. The molecule has 0 radical (unpaired) electrons. The molecule has 3 rings (SSSR count). The highest BCUT2D eigenvalue weighted by Crippen LogP contribution is 2.33. The minimum atomic E-state index is -0.837. The van der Waals surface area contributed by atoms with E-state index in [1.807, 2.05) is 91.9 Å². The minimum absolute atomic E-state index is 0.127. The normalized spacial score (nSPS) is 12.0. The number of nitrogens with zero attached hydrogens (tertiary/aromatic N) is 1. The summed E-state index contributed by atoms with van der Waals surface area (Å²) in [7, 11) is 0. The molecule has 0 aliphatic carbocycles. The Labute approximate surface area is 235 Å². The molecule has 0 saturated heterocycles. The summed E-state index contributed by atoms with van der Waals surface area (Å²) in [5.41, 5.74) is 20.2. The number of primary amides is 2. The highest BCUT2D eigenvalue weighted by molar-refractivity contribution is 5.92. The third-order valence-corrected chi connectivity index (χ3v) is 6.37. The Kier molecular flexibility index (Phi) is 12.5. The van der Waals surface area contributed by atoms with E-state index in [2.05, 4.69) is 0 Å². The number of carbonyl (C=O) groups is 4. The van der Waals surface area contributed by atoms with Gasteiger partial charge in [0.1, 0.15) is 6.04 Å². The van der Waals surface area contributed by atoms with Crippen molar-refractivity contribution >= 4 is 23.7 Å². The SMILES string of the molecule is CC(=O)O.C[C@H](c1ccc(CC(N)=O)cc1)N(C(=O)C(c1ccccc1)c1ccccc1)[C@H](CCCN)C(N)=O. The highest BCUT2D eigenvalue weighted by atomic mass is 16.4. The van der Waals surface area contributed by atoms with E-state index in [0.29, 0.717) is 19.4 Å². The molecular weight excluding hydrogens is 508 g/mol. The lowest BCUT2D eigenvalue weighted by Crippen LogP contribution is -2.51. The Balaban J connectivity index is 0.00000131. The molecule has 3 aromatic rings. The van der Waals surface area contributed by atoms with E-state index in [1.54, 1.807) is 4.90 Å². The average Bonchev–Trinajstić information content (AvgIpc) is 2.91. The van der Waals surface area contributed by atoms with Crippen LogP contribution in [0.5, 0.6) is 0 Å². The number of hydrogen-bond donors (Lipinski definition) is 4. The van der Waals surface area contributed by atoms with Crippen molar-refractivity contribution in [1.82, 2.24) is 4.90 Å². The first-order chi connectivity index (χ1) is 19.1. The number of aliphatic carboxylic acids is 1. The molecule has 0 aliphatic heterocycles. The molecule has 0 fully saturated rings. The summed E-state index contributed by atoms with van der Waals surface area (Å²) in [6.45, 7) is 3.34. The topological polar surface area (TPSA) is 170 Å². The van der Waals surface area contributed by atoms with Gasteiger partial charge in [-0.3, -0.25) is 19.2 Å². The lowest BCUT2D eigenvalue weighted by Gasteiger charge is -2.38. The summed E-state index contributed by atoms with van der Waals surface area (Å²) in [6.07, 6.45) is 1.03. The van der Waals surface area contributed by atoms with Crippen molar-refractivity contribution in [2.75, 3.05) is 6.54 Å².